The van der Waals surface area contributed by atoms with Crippen molar-refractivity contribution >= 4 is 17.7 Å². The summed E-state index contributed by atoms with van der Waals surface area (Å²) in [5.41, 5.74) is 1.78. The molecule has 0 radical (unpaired) electrons. The summed E-state index contributed by atoms with van der Waals surface area (Å²) in [5, 5.41) is 7.36. The lowest BCUT2D eigenvalue weighted by Gasteiger charge is -2.23. The van der Waals surface area contributed by atoms with Gasteiger partial charge in [0.25, 0.3) is 5.78 Å². The molecule has 1 amide bonds. The van der Waals surface area contributed by atoms with E-state index in [1.165, 1.54) is 7.11 Å². The molecule has 1 fully saturated rings. The number of carbonyl (C=O) groups excluding carboxylic acids is 2. The standard InChI is InChI=1S/C18H25N5O3/c1-11-9-12(2)23-18(19-11)21-15(22-23)10-16(24)20-14-8-6-4-5-7-13(14)17(25)26-3/h9,13-14H,4-8,10H2,1-3H3,(H,20,24). The number of methoxy groups -OCH3 is 1. The first-order chi connectivity index (χ1) is 12.5. The topological polar surface area (TPSA) is 98.5 Å². The van der Waals surface area contributed by atoms with Crippen LogP contribution in [0.2, 0.25) is 0 Å². The van der Waals surface area contributed by atoms with E-state index < -0.39 is 0 Å². The molecule has 8 heteroatoms. The maximum atomic E-state index is 12.5. The lowest BCUT2D eigenvalue weighted by Crippen LogP contribution is -2.43. The van der Waals surface area contributed by atoms with Crippen LogP contribution in [0.5, 0.6) is 0 Å². The first kappa shape index (κ1) is 18.3. The van der Waals surface area contributed by atoms with Crippen molar-refractivity contribution in [2.24, 2.45) is 5.92 Å². The molecule has 2 aromatic rings. The zero-order valence-electron chi connectivity index (χ0n) is 15.5. The third-order valence-electron chi connectivity index (χ3n) is 4.85. The fourth-order valence-corrected chi connectivity index (χ4v) is 3.60. The van der Waals surface area contributed by atoms with Crippen LogP contribution in [0.3, 0.4) is 0 Å². The number of nitrogens with one attached hydrogen (secondary N) is 1. The Morgan fingerprint density at radius 2 is 2.00 bits per heavy atom. The van der Waals surface area contributed by atoms with E-state index in [1.54, 1.807) is 4.52 Å². The maximum absolute atomic E-state index is 12.5. The highest BCUT2D eigenvalue weighted by molar-refractivity contribution is 5.80. The highest BCUT2D eigenvalue weighted by Gasteiger charge is 2.31. The number of esters is 1. The molecule has 2 heterocycles. The Hall–Kier alpha value is -2.51. The number of hydrogen-bond donors (Lipinski definition) is 1. The van der Waals surface area contributed by atoms with Gasteiger partial charge in [-0.25, -0.2) is 9.50 Å². The highest BCUT2D eigenvalue weighted by atomic mass is 16.5. The van der Waals surface area contributed by atoms with E-state index in [4.69, 9.17) is 4.74 Å². The van der Waals surface area contributed by atoms with Gasteiger partial charge < -0.3 is 10.1 Å². The number of aryl methyl sites for hydroxylation is 2. The van der Waals surface area contributed by atoms with Crippen LogP contribution in [0.4, 0.5) is 0 Å². The normalized spacial score (nSPS) is 20.6. The summed E-state index contributed by atoms with van der Waals surface area (Å²) >= 11 is 0. The van der Waals surface area contributed by atoms with Gasteiger partial charge >= 0.3 is 5.97 Å². The van der Waals surface area contributed by atoms with E-state index in [2.05, 4.69) is 20.4 Å². The molecule has 0 spiro atoms. The van der Waals surface area contributed by atoms with Gasteiger partial charge in [0.2, 0.25) is 5.91 Å². The molecule has 140 valence electrons. The van der Waals surface area contributed by atoms with Crippen molar-refractivity contribution in [2.45, 2.75) is 58.4 Å². The number of hydrogen-bond acceptors (Lipinski definition) is 6. The lowest BCUT2D eigenvalue weighted by molar-refractivity contribution is -0.147. The molecule has 2 aromatic heterocycles. The number of aromatic nitrogens is 4. The van der Waals surface area contributed by atoms with E-state index in [0.717, 1.165) is 43.5 Å². The Morgan fingerprint density at radius 3 is 2.77 bits per heavy atom. The monoisotopic (exact) mass is 359 g/mol. The second-order valence-electron chi connectivity index (χ2n) is 6.90. The van der Waals surface area contributed by atoms with Crippen LogP contribution >= 0.6 is 0 Å². The summed E-state index contributed by atoms with van der Waals surface area (Å²) in [6.45, 7) is 3.82. The predicted octanol–water partition coefficient (Wildman–Crippen LogP) is 1.52. The number of ether oxygens (including phenoxy) is 1. The highest BCUT2D eigenvalue weighted by Crippen LogP contribution is 2.24. The van der Waals surface area contributed by atoms with Gasteiger partial charge in [-0.05, 0) is 32.8 Å². The molecule has 0 aromatic carbocycles. The molecule has 1 N–H and O–H groups in total. The Balaban J connectivity index is 1.71. The maximum Gasteiger partial charge on any atom is 0.310 e. The van der Waals surface area contributed by atoms with Crippen molar-refractivity contribution in [1.82, 2.24) is 24.9 Å². The van der Waals surface area contributed by atoms with Gasteiger partial charge in [-0.3, -0.25) is 9.59 Å². The van der Waals surface area contributed by atoms with Gasteiger partial charge in [-0.2, -0.15) is 4.98 Å². The smallest absolute Gasteiger partial charge is 0.310 e. The van der Waals surface area contributed by atoms with Crippen molar-refractivity contribution in [3.05, 3.63) is 23.3 Å². The zero-order valence-corrected chi connectivity index (χ0v) is 15.5. The summed E-state index contributed by atoms with van der Waals surface area (Å²) in [4.78, 5) is 33.2. The minimum atomic E-state index is -0.285. The molecule has 0 bridgehead atoms. The predicted molar refractivity (Wildman–Crippen MR) is 94.5 cm³/mol. The van der Waals surface area contributed by atoms with Gasteiger partial charge in [-0.15, -0.1) is 5.10 Å². The number of nitrogens with zero attached hydrogens (tertiary/aromatic N) is 4. The average molecular weight is 359 g/mol. The second-order valence-corrected chi connectivity index (χ2v) is 6.90. The van der Waals surface area contributed by atoms with Gasteiger partial charge in [-0.1, -0.05) is 19.3 Å². The van der Waals surface area contributed by atoms with Crippen LogP contribution in [0.15, 0.2) is 6.07 Å². The van der Waals surface area contributed by atoms with Crippen molar-refractivity contribution in [1.29, 1.82) is 0 Å². The third-order valence-corrected chi connectivity index (χ3v) is 4.85. The van der Waals surface area contributed by atoms with Crippen molar-refractivity contribution in [3.63, 3.8) is 0 Å². The van der Waals surface area contributed by atoms with E-state index >= 15 is 0 Å². The molecule has 0 aliphatic heterocycles. The fraction of sp³-hybridized carbons (Fsp3) is 0.611. The summed E-state index contributed by atoms with van der Waals surface area (Å²) < 4.78 is 6.55. The third kappa shape index (κ3) is 4.00. The SMILES string of the molecule is COC(=O)C1CCCCCC1NC(=O)Cc1nc2nc(C)cc(C)n2n1. The summed E-state index contributed by atoms with van der Waals surface area (Å²) in [5.74, 6) is 0.195. The minimum Gasteiger partial charge on any atom is -0.469 e. The first-order valence-electron chi connectivity index (χ1n) is 9.05. The van der Waals surface area contributed by atoms with E-state index in [0.29, 0.717) is 11.6 Å². The fourth-order valence-electron chi connectivity index (χ4n) is 3.60. The van der Waals surface area contributed by atoms with Gasteiger partial charge in [0.05, 0.1) is 19.4 Å². The molecular weight excluding hydrogens is 334 g/mol. The Labute approximate surface area is 152 Å². The zero-order chi connectivity index (χ0) is 18.7. The van der Waals surface area contributed by atoms with E-state index in [9.17, 15) is 9.59 Å². The number of rotatable bonds is 4. The molecule has 3 rings (SSSR count). The molecule has 1 aliphatic carbocycles. The molecule has 2 unspecified atom stereocenters. The molecule has 26 heavy (non-hydrogen) atoms. The van der Waals surface area contributed by atoms with E-state index in [1.807, 2.05) is 19.9 Å². The van der Waals surface area contributed by atoms with Crippen LogP contribution in [0.25, 0.3) is 5.78 Å². The van der Waals surface area contributed by atoms with Gasteiger partial charge in [0, 0.05) is 17.4 Å². The largest absolute Gasteiger partial charge is 0.469 e. The Bertz CT molecular complexity index is 817. The molecule has 2 atom stereocenters. The van der Waals surface area contributed by atoms with Crippen LogP contribution in [-0.4, -0.2) is 44.6 Å². The van der Waals surface area contributed by atoms with Gasteiger partial charge in [0.15, 0.2) is 5.82 Å². The average Bonchev–Trinajstić information content (AvgIpc) is 2.84. The summed E-state index contributed by atoms with van der Waals surface area (Å²) in [6, 6.07) is 1.72. The van der Waals surface area contributed by atoms with Crippen molar-refractivity contribution < 1.29 is 14.3 Å². The van der Waals surface area contributed by atoms with Crippen LogP contribution in [0.1, 0.15) is 49.3 Å². The van der Waals surface area contributed by atoms with Crippen molar-refractivity contribution in [3.8, 4) is 0 Å². The lowest BCUT2D eigenvalue weighted by atomic mass is 9.94. The minimum absolute atomic E-state index is 0.0617. The quantitative estimate of drug-likeness (QED) is 0.656. The Kier molecular flexibility index (Phi) is 5.49. The number of amides is 1. The molecular formula is C18H25N5O3. The van der Waals surface area contributed by atoms with Gasteiger partial charge in [0.1, 0.15) is 0 Å². The molecule has 1 aliphatic rings. The van der Waals surface area contributed by atoms with Crippen LogP contribution < -0.4 is 5.32 Å². The summed E-state index contributed by atoms with van der Waals surface area (Å²) in [6.07, 6.45) is 4.62. The Morgan fingerprint density at radius 1 is 1.23 bits per heavy atom. The summed E-state index contributed by atoms with van der Waals surface area (Å²) in [7, 11) is 1.39. The number of carbonyl (C=O) groups is 2. The van der Waals surface area contributed by atoms with E-state index in [-0.39, 0.29) is 30.3 Å². The molecule has 1 saturated carbocycles. The van der Waals surface area contributed by atoms with Crippen LogP contribution in [0, 0.1) is 19.8 Å². The van der Waals surface area contributed by atoms with Crippen molar-refractivity contribution in [2.75, 3.05) is 7.11 Å². The molecule has 8 nitrogen and oxygen atoms in total. The van der Waals surface area contributed by atoms with Crippen LogP contribution in [-0.2, 0) is 20.7 Å². The first-order valence-corrected chi connectivity index (χ1v) is 9.05. The molecule has 0 saturated heterocycles. The second kappa shape index (κ2) is 7.80. The number of fused-ring (bicyclic) bond motifs is 1.